The molecule has 1 aliphatic heterocycles. The molecule has 1 aliphatic rings. The van der Waals surface area contributed by atoms with Crippen LogP contribution in [-0.2, 0) is 11.2 Å². The van der Waals surface area contributed by atoms with E-state index in [-0.39, 0.29) is 6.04 Å². The summed E-state index contributed by atoms with van der Waals surface area (Å²) in [6, 6.07) is 5.75. The van der Waals surface area contributed by atoms with Gasteiger partial charge in [0.2, 0.25) is 6.08 Å². The average Bonchev–Trinajstić information content (AvgIpc) is 2.17. The number of fused-ring (bicyclic) bond motifs is 1. The Balaban J connectivity index is 2.28. The van der Waals surface area contributed by atoms with E-state index in [1.54, 1.807) is 6.08 Å². The van der Waals surface area contributed by atoms with Crippen LogP contribution in [0.5, 0.6) is 5.75 Å². The molecule has 0 saturated carbocycles. The van der Waals surface area contributed by atoms with Crippen LogP contribution in [0.4, 0.5) is 0 Å². The molecule has 72 valence electrons. The largest absolute Gasteiger partial charge is 0.491 e. The minimum Gasteiger partial charge on any atom is -0.491 e. The van der Waals surface area contributed by atoms with Gasteiger partial charge in [-0.2, -0.15) is 4.99 Å². The van der Waals surface area contributed by atoms with Crippen LogP contribution in [0, 0.1) is 0 Å². The van der Waals surface area contributed by atoms with E-state index in [4.69, 9.17) is 4.74 Å². The Kier molecular flexibility index (Phi) is 2.66. The second-order valence-corrected chi connectivity index (χ2v) is 4.06. The van der Waals surface area contributed by atoms with Crippen molar-refractivity contribution in [1.29, 1.82) is 0 Å². The number of rotatable bonds is 1. The standard InChI is InChI=1S/C10H8BrNO2/c11-8-1-2-10-7(3-8)4-9(5-14-10)12-6-13/h1-3,9H,4-5H2/t9-/m1/s1. The fraction of sp³-hybridized carbons (Fsp3) is 0.300. The molecule has 0 spiro atoms. The summed E-state index contributed by atoms with van der Waals surface area (Å²) in [6.07, 6.45) is 2.31. The van der Waals surface area contributed by atoms with Crippen LogP contribution in [0.2, 0.25) is 0 Å². The first-order chi connectivity index (χ1) is 6.79. The van der Waals surface area contributed by atoms with Crippen molar-refractivity contribution in [3.63, 3.8) is 0 Å². The third-order valence-electron chi connectivity index (χ3n) is 2.14. The van der Waals surface area contributed by atoms with Crippen LogP contribution < -0.4 is 4.74 Å². The number of nitrogens with zero attached hydrogens (tertiary/aromatic N) is 1. The summed E-state index contributed by atoms with van der Waals surface area (Å²) in [5.41, 5.74) is 1.08. The van der Waals surface area contributed by atoms with Crippen molar-refractivity contribution in [3.05, 3.63) is 28.2 Å². The van der Waals surface area contributed by atoms with E-state index in [2.05, 4.69) is 20.9 Å². The van der Waals surface area contributed by atoms with Gasteiger partial charge in [0.15, 0.2) is 0 Å². The molecule has 14 heavy (non-hydrogen) atoms. The average molecular weight is 254 g/mol. The lowest BCUT2D eigenvalue weighted by molar-refractivity contribution is 0.264. The van der Waals surface area contributed by atoms with Gasteiger partial charge in [0, 0.05) is 10.9 Å². The van der Waals surface area contributed by atoms with Crippen molar-refractivity contribution in [2.75, 3.05) is 6.61 Å². The highest BCUT2D eigenvalue weighted by molar-refractivity contribution is 9.10. The topological polar surface area (TPSA) is 38.7 Å². The van der Waals surface area contributed by atoms with E-state index in [0.29, 0.717) is 6.61 Å². The monoisotopic (exact) mass is 253 g/mol. The van der Waals surface area contributed by atoms with Crippen molar-refractivity contribution in [1.82, 2.24) is 0 Å². The van der Waals surface area contributed by atoms with Crippen LogP contribution >= 0.6 is 15.9 Å². The van der Waals surface area contributed by atoms with Crippen LogP contribution in [0.1, 0.15) is 5.56 Å². The van der Waals surface area contributed by atoms with Gasteiger partial charge in [-0.3, -0.25) is 0 Å². The van der Waals surface area contributed by atoms with Gasteiger partial charge in [0.25, 0.3) is 0 Å². The Labute approximate surface area is 89.9 Å². The minimum atomic E-state index is -0.0886. The maximum absolute atomic E-state index is 10.1. The van der Waals surface area contributed by atoms with Gasteiger partial charge >= 0.3 is 0 Å². The van der Waals surface area contributed by atoms with Crippen molar-refractivity contribution < 1.29 is 9.53 Å². The first-order valence-electron chi connectivity index (χ1n) is 4.28. The molecular weight excluding hydrogens is 246 g/mol. The number of isocyanates is 1. The van der Waals surface area contributed by atoms with Crippen molar-refractivity contribution in [2.45, 2.75) is 12.5 Å². The molecule has 0 radical (unpaired) electrons. The van der Waals surface area contributed by atoms with Gasteiger partial charge in [-0.05, 0) is 23.8 Å². The lowest BCUT2D eigenvalue weighted by Crippen LogP contribution is -2.24. The molecule has 0 unspecified atom stereocenters. The van der Waals surface area contributed by atoms with Crippen LogP contribution in [0.25, 0.3) is 0 Å². The van der Waals surface area contributed by atoms with Gasteiger partial charge in [-0.1, -0.05) is 15.9 Å². The zero-order valence-electron chi connectivity index (χ0n) is 7.37. The Morgan fingerprint density at radius 3 is 3.21 bits per heavy atom. The van der Waals surface area contributed by atoms with E-state index in [9.17, 15) is 4.79 Å². The summed E-state index contributed by atoms with van der Waals surface area (Å²) in [6.45, 7) is 0.462. The molecular formula is C10H8BrNO2. The normalized spacial score (nSPS) is 19.1. The lowest BCUT2D eigenvalue weighted by atomic mass is 10.0. The van der Waals surface area contributed by atoms with Crippen LogP contribution in [-0.4, -0.2) is 18.7 Å². The molecule has 1 aromatic carbocycles. The smallest absolute Gasteiger partial charge is 0.235 e. The molecule has 0 bridgehead atoms. The summed E-state index contributed by atoms with van der Waals surface area (Å²) in [5.74, 6) is 0.880. The molecule has 0 amide bonds. The molecule has 0 aromatic heterocycles. The number of benzene rings is 1. The first kappa shape index (κ1) is 9.44. The van der Waals surface area contributed by atoms with Gasteiger partial charge < -0.3 is 4.74 Å². The lowest BCUT2D eigenvalue weighted by Gasteiger charge is -2.21. The fourth-order valence-electron chi connectivity index (χ4n) is 1.50. The zero-order chi connectivity index (χ0) is 9.97. The molecule has 2 rings (SSSR count). The summed E-state index contributed by atoms with van der Waals surface area (Å²) in [7, 11) is 0. The molecule has 0 fully saturated rings. The van der Waals surface area contributed by atoms with Crippen molar-refractivity contribution >= 4 is 22.0 Å². The fourth-order valence-corrected chi connectivity index (χ4v) is 1.91. The Morgan fingerprint density at radius 1 is 1.57 bits per heavy atom. The molecule has 3 nitrogen and oxygen atoms in total. The van der Waals surface area contributed by atoms with E-state index < -0.39 is 0 Å². The highest BCUT2D eigenvalue weighted by atomic mass is 79.9. The van der Waals surface area contributed by atoms with Crippen molar-refractivity contribution in [2.24, 2.45) is 4.99 Å². The maximum Gasteiger partial charge on any atom is 0.235 e. The second-order valence-electron chi connectivity index (χ2n) is 3.14. The minimum absolute atomic E-state index is 0.0886. The molecule has 0 saturated heterocycles. The van der Waals surface area contributed by atoms with Gasteiger partial charge in [0.05, 0.1) is 0 Å². The number of halogens is 1. The number of carbonyl (C=O) groups excluding carboxylic acids is 1. The quantitative estimate of drug-likeness (QED) is 0.568. The molecule has 4 heteroatoms. The van der Waals surface area contributed by atoms with Gasteiger partial charge in [-0.25, -0.2) is 4.79 Å². The van der Waals surface area contributed by atoms with E-state index in [1.807, 2.05) is 18.2 Å². The van der Waals surface area contributed by atoms with E-state index in [0.717, 1.165) is 22.2 Å². The van der Waals surface area contributed by atoms with Crippen molar-refractivity contribution in [3.8, 4) is 5.75 Å². The predicted molar refractivity (Wildman–Crippen MR) is 55.3 cm³/mol. The Hall–Kier alpha value is -1.12. The second kappa shape index (κ2) is 3.95. The van der Waals surface area contributed by atoms with Crippen LogP contribution in [0.15, 0.2) is 27.7 Å². The highest BCUT2D eigenvalue weighted by Gasteiger charge is 2.18. The summed E-state index contributed by atoms with van der Waals surface area (Å²) in [5, 5.41) is 0. The molecule has 1 atom stereocenters. The van der Waals surface area contributed by atoms with E-state index >= 15 is 0 Å². The Morgan fingerprint density at radius 2 is 2.43 bits per heavy atom. The number of hydrogen-bond acceptors (Lipinski definition) is 3. The maximum atomic E-state index is 10.1. The zero-order valence-corrected chi connectivity index (χ0v) is 8.95. The number of aliphatic imine (C=N–C) groups is 1. The summed E-state index contributed by atoms with van der Waals surface area (Å²) >= 11 is 3.39. The molecule has 0 aliphatic carbocycles. The third kappa shape index (κ3) is 1.86. The SMILES string of the molecule is O=C=N[C@H]1COc2ccc(Br)cc2C1. The van der Waals surface area contributed by atoms with Crippen LogP contribution in [0.3, 0.4) is 0 Å². The van der Waals surface area contributed by atoms with E-state index in [1.165, 1.54) is 0 Å². The molecule has 1 aromatic rings. The summed E-state index contributed by atoms with van der Waals surface area (Å²) < 4.78 is 6.46. The number of hydrogen-bond donors (Lipinski definition) is 0. The third-order valence-corrected chi connectivity index (χ3v) is 2.64. The molecule has 0 N–H and O–H groups in total. The predicted octanol–water partition coefficient (Wildman–Crippen LogP) is 2.09. The first-order valence-corrected chi connectivity index (χ1v) is 5.07. The molecule has 1 heterocycles. The number of ether oxygens (including phenoxy) is 1. The Bertz CT molecular complexity index is 399. The summed E-state index contributed by atoms with van der Waals surface area (Å²) in [4.78, 5) is 13.8. The highest BCUT2D eigenvalue weighted by Crippen LogP contribution is 2.28. The van der Waals surface area contributed by atoms with Gasteiger partial charge in [-0.15, -0.1) is 0 Å². The van der Waals surface area contributed by atoms with Gasteiger partial charge in [0.1, 0.15) is 18.4 Å².